The molecule has 0 aromatic heterocycles. The third-order valence-electron chi connectivity index (χ3n) is 5.10. The Labute approximate surface area is 166 Å². The molecule has 0 unspecified atom stereocenters. The van der Waals surface area contributed by atoms with Crippen LogP contribution in [0.1, 0.15) is 16.7 Å². The molecule has 0 saturated carbocycles. The minimum atomic E-state index is -3.89. The lowest BCUT2D eigenvalue weighted by Gasteiger charge is -2.31. The molecule has 1 saturated heterocycles. The first-order valence-electron chi connectivity index (χ1n) is 9.32. The van der Waals surface area contributed by atoms with Gasteiger partial charge in [-0.3, -0.25) is 9.10 Å². The number of amides is 1. The van der Waals surface area contributed by atoms with Gasteiger partial charge < -0.3 is 9.64 Å². The van der Waals surface area contributed by atoms with Crippen molar-refractivity contribution in [2.75, 3.05) is 37.2 Å². The molecule has 28 heavy (non-hydrogen) atoms. The molecule has 0 atom stereocenters. The summed E-state index contributed by atoms with van der Waals surface area (Å²) < 4.78 is 33.4. The molecule has 1 fully saturated rings. The zero-order chi connectivity index (χ0) is 20.3. The quantitative estimate of drug-likeness (QED) is 0.771. The summed E-state index contributed by atoms with van der Waals surface area (Å²) in [7, 11) is -3.89. The molecule has 1 aliphatic heterocycles. The fourth-order valence-electron chi connectivity index (χ4n) is 3.18. The van der Waals surface area contributed by atoms with E-state index in [9.17, 15) is 13.2 Å². The topological polar surface area (TPSA) is 66.9 Å². The van der Waals surface area contributed by atoms with Crippen molar-refractivity contribution in [2.45, 2.75) is 25.7 Å². The van der Waals surface area contributed by atoms with Gasteiger partial charge in [-0.2, -0.15) is 0 Å². The maximum atomic E-state index is 13.5. The second-order valence-electron chi connectivity index (χ2n) is 7.04. The number of hydrogen-bond donors (Lipinski definition) is 0. The van der Waals surface area contributed by atoms with Crippen molar-refractivity contribution in [3.63, 3.8) is 0 Å². The van der Waals surface area contributed by atoms with Gasteiger partial charge in [0.1, 0.15) is 6.54 Å². The normalized spacial score (nSPS) is 14.8. The molecule has 1 heterocycles. The molecule has 0 radical (unpaired) electrons. The predicted octanol–water partition coefficient (Wildman–Crippen LogP) is 2.67. The van der Waals surface area contributed by atoms with Crippen LogP contribution in [0.15, 0.2) is 47.4 Å². The van der Waals surface area contributed by atoms with Gasteiger partial charge in [0.25, 0.3) is 10.0 Å². The van der Waals surface area contributed by atoms with Crippen LogP contribution in [0.25, 0.3) is 0 Å². The van der Waals surface area contributed by atoms with E-state index in [0.717, 1.165) is 16.7 Å². The van der Waals surface area contributed by atoms with E-state index in [0.29, 0.717) is 32.0 Å². The molecule has 1 aliphatic rings. The highest BCUT2D eigenvalue weighted by Gasteiger charge is 2.30. The van der Waals surface area contributed by atoms with Gasteiger partial charge in [-0.1, -0.05) is 29.8 Å². The van der Waals surface area contributed by atoms with Crippen LogP contribution in [0.4, 0.5) is 5.69 Å². The summed E-state index contributed by atoms with van der Waals surface area (Å²) in [6.07, 6.45) is 0. The zero-order valence-corrected chi connectivity index (χ0v) is 17.3. The molecule has 0 aliphatic carbocycles. The minimum Gasteiger partial charge on any atom is -0.378 e. The largest absolute Gasteiger partial charge is 0.378 e. The fourth-order valence-corrected chi connectivity index (χ4v) is 4.65. The van der Waals surface area contributed by atoms with Crippen LogP contribution in [0.2, 0.25) is 0 Å². The van der Waals surface area contributed by atoms with Crippen molar-refractivity contribution < 1.29 is 17.9 Å². The SMILES string of the molecule is Cc1ccc(S(=O)(=O)N(CC(=O)N2CCOCC2)c2cccc(C)c2C)cc1. The molecule has 2 aromatic carbocycles. The Morgan fingerprint density at radius 1 is 1.04 bits per heavy atom. The Balaban J connectivity index is 2.02. The van der Waals surface area contributed by atoms with Crippen LogP contribution in [-0.2, 0) is 19.6 Å². The molecule has 0 N–H and O–H groups in total. The van der Waals surface area contributed by atoms with Crippen LogP contribution in [0.5, 0.6) is 0 Å². The summed E-state index contributed by atoms with van der Waals surface area (Å²) in [6, 6.07) is 12.2. The third kappa shape index (κ3) is 4.20. The first-order valence-corrected chi connectivity index (χ1v) is 10.8. The lowest BCUT2D eigenvalue weighted by atomic mass is 10.1. The summed E-state index contributed by atoms with van der Waals surface area (Å²) in [6.45, 7) is 7.37. The van der Waals surface area contributed by atoms with Crippen molar-refractivity contribution in [2.24, 2.45) is 0 Å². The number of morpholine rings is 1. The molecular weight excluding hydrogens is 376 g/mol. The smallest absolute Gasteiger partial charge is 0.264 e. The van der Waals surface area contributed by atoms with Gasteiger partial charge in [0.2, 0.25) is 5.91 Å². The number of aryl methyl sites for hydroxylation is 2. The monoisotopic (exact) mass is 402 g/mol. The Bertz CT molecular complexity index is 949. The van der Waals surface area contributed by atoms with Crippen LogP contribution in [0.3, 0.4) is 0 Å². The Morgan fingerprint density at radius 3 is 2.32 bits per heavy atom. The van der Waals surface area contributed by atoms with Crippen LogP contribution >= 0.6 is 0 Å². The lowest BCUT2D eigenvalue weighted by molar-refractivity contribution is -0.133. The lowest BCUT2D eigenvalue weighted by Crippen LogP contribution is -2.47. The third-order valence-corrected chi connectivity index (χ3v) is 6.87. The molecule has 150 valence electrons. The van der Waals surface area contributed by atoms with Gasteiger partial charge >= 0.3 is 0 Å². The highest BCUT2D eigenvalue weighted by atomic mass is 32.2. The summed E-state index contributed by atoms with van der Waals surface area (Å²) >= 11 is 0. The number of rotatable bonds is 5. The summed E-state index contributed by atoms with van der Waals surface area (Å²) in [5, 5.41) is 0. The van der Waals surface area contributed by atoms with Gasteiger partial charge in [-0.15, -0.1) is 0 Å². The molecule has 0 spiro atoms. The van der Waals surface area contributed by atoms with Crippen molar-refractivity contribution >= 4 is 21.6 Å². The second kappa shape index (κ2) is 8.32. The first-order chi connectivity index (χ1) is 13.3. The van der Waals surface area contributed by atoms with E-state index < -0.39 is 10.0 Å². The zero-order valence-electron chi connectivity index (χ0n) is 16.5. The predicted molar refractivity (Wildman–Crippen MR) is 109 cm³/mol. The molecule has 6 nitrogen and oxygen atoms in total. The molecule has 7 heteroatoms. The van der Waals surface area contributed by atoms with E-state index in [4.69, 9.17) is 4.74 Å². The molecular formula is C21H26N2O4S. The van der Waals surface area contributed by atoms with Gasteiger partial charge in [0.15, 0.2) is 0 Å². The van der Waals surface area contributed by atoms with Gasteiger partial charge in [0, 0.05) is 13.1 Å². The number of carbonyl (C=O) groups is 1. The highest BCUT2D eigenvalue weighted by Crippen LogP contribution is 2.29. The maximum Gasteiger partial charge on any atom is 0.264 e. The maximum absolute atomic E-state index is 13.5. The number of nitrogens with zero attached hydrogens (tertiary/aromatic N) is 2. The molecule has 1 amide bonds. The highest BCUT2D eigenvalue weighted by molar-refractivity contribution is 7.92. The van der Waals surface area contributed by atoms with E-state index in [1.807, 2.05) is 32.9 Å². The van der Waals surface area contributed by atoms with E-state index >= 15 is 0 Å². The molecule has 2 aromatic rings. The van der Waals surface area contributed by atoms with Crippen LogP contribution in [-0.4, -0.2) is 52.1 Å². The van der Waals surface area contributed by atoms with Crippen molar-refractivity contribution in [3.05, 3.63) is 59.2 Å². The Morgan fingerprint density at radius 2 is 1.68 bits per heavy atom. The van der Waals surface area contributed by atoms with E-state index in [1.165, 1.54) is 4.31 Å². The summed E-state index contributed by atoms with van der Waals surface area (Å²) in [4.78, 5) is 14.7. The standard InChI is InChI=1S/C21H26N2O4S/c1-16-7-9-19(10-8-16)28(25,26)23(20-6-4-5-17(2)18(20)3)15-21(24)22-11-13-27-14-12-22/h4-10H,11-15H2,1-3H3. The van der Waals surface area contributed by atoms with E-state index in [1.54, 1.807) is 35.2 Å². The second-order valence-corrected chi connectivity index (χ2v) is 8.90. The summed E-state index contributed by atoms with van der Waals surface area (Å²) in [5.74, 6) is -0.222. The van der Waals surface area contributed by atoms with Gasteiger partial charge in [-0.05, 0) is 50.1 Å². The van der Waals surface area contributed by atoms with E-state index in [-0.39, 0.29) is 17.3 Å². The number of carbonyl (C=O) groups excluding carboxylic acids is 1. The first kappa shape index (κ1) is 20.4. The Kier molecular flexibility index (Phi) is 6.05. The average molecular weight is 403 g/mol. The number of hydrogen-bond acceptors (Lipinski definition) is 4. The minimum absolute atomic E-state index is 0.175. The average Bonchev–Trinajstić information content (AvgIpc) is 2.69. The number of benzene rings is 2. The fraction of sp³-hybridized carbons (Fsp3) is 0.381. The molecule has 3 rings (SSSR count). The summed E-state index contributed by atoms with van der Waals surface area (Å²) in [5.41, 5.74) is 3.32. The number of ether oxygens (including phenoxy) is 1. The number of sulfonamides is 1. The van der Waals surface area contributed by atoms with Gasteiger partial charge in [-0.25, -0.2) is 8.42 Å². The Hall–Kier alpha value is -2.38. The van der Waals surface area contributed by atoms with Crippen molar-refractivity contribution in [3.8, 4) is 0 Å². The van der Waals surface area contributed by atoms with Crippen LogP contribution in [0, 0.1) is 20.8 Å². The van der Waals surface area contributed by atoms with Crippen molar-refractivity contribution in [1.29, 1.82) is 0 Å². The van der Waals surface area contributed by atoms with Gasteiger partial charge in [0.05, 0.1) is 23.8 Å². The van der Waals surface area contributed by atoms with Crippen LogP contribution < -0.4 is 4.31 Å². The number of anilines is 1. The van der Waals surface area contributed by atoms with Crippen molar-refractivity contribution in [1.82, 2.24) is 4.90 Å². The van der Waals surface area contributed by atoms with E-state index in [2.05, 4.69) is 0 Å². The molecule has 0 bridgehead atoms.